The third kappa shape index (κ3) is 1.93. The Morgan fingerprint density at radius 3 is 2.46 bits per heavy atom. The lowest BCUT2D eigenvalue weighted by atomic mass is 10.2. The molecular weight excluding hydrogens is 283 g/mol. The van der Waals surface area contributed by atoms with E-state index < -0.39 is 0 Å². The predicted octanol–water partition coefficient (Wildman–Crippen LogP) is 2.12. The van der Waals surface area contributed by atoms with Gasteiger partial charge in [-0.2, -0.15) is 0 Å². The van der Waals surface area contributed by atoms with Crippen molar-refractivity contribution in [3.8, 4) is 11.5 Å². The van der Waals surface area contributed by atoms with Gasteiger partial charge in [-0.05, 0) is 34.7 Å². The Morgan fingerprint density at radius 1 is 1.31 bits per heavy atom. The number of rotatable bonds is 3. The summed E-state index contributed by atoms with van der Waals surface area (Å²) in [5.74, 6) is 1.06. The van der Waals surface area contributed by atoms with Gasteiger partial charge in [-0.15, -0.1) is 0 Å². The molecule has 0 saturated carbocycles. The molecule has 1 rings (SSSR count). The first-order valence-electron chi connectivity index (χ1n) is 3.60. The van der Waals surface area contributed by atoms with E-state index in [9.17, 15) is 4.79 Å². The maximum Gasteiger partial charge on any atom is 0.172 e. The van der Waals surface area contributed by atoms with Crippen molar-refractivity contribution in [2.45, 2.75) is 0 Å². The fraction of sp³-hybridized carbons (Fsp3) is 0.222. The van der Waals surface area contributed by atoms with Crippen LogP contribution in [-0.4, -0.2) is 20.5 Å². The highest BCUT2D eigenvalue weighted by molar-refractivity contribution is 14.1. The molecule has 0 heterocycles. The summed E-state index contributed by atoms with van der Waals surface area (Å²) in [6, 6.07) is 3.58. The summed E-state index contributed by atoms with van der Waals surface area (Å²) < 4.78 is 11.0. The summed E-state index contributed by atoms with van der Waals surface area (Å²) in [6.07, 6.45) is 0.767. The fourth-order valence-electron chi connectivity index (χ4n) is 1.04. The van der Waals surface area contributed by atoms with Crippen LogP contribution < -0.4 is 9.47 Å². The molecule has 1 aromatic rings. The smallest absolute Gasteiger partial charge is 0.172 e. The van der Waals surface area contributed by atoms with E-state index in [-0.39, 0.29) is 0 Å². The number of ether oxygens (including phenoxy) is 2. The molecule has 0 saturated heterocycles. The molecule has 0 aliphatic heterocycles. The number of hydrogen-bond donors (Lipinski definition) is 0. The third-order valence-corrected chi connectivity index (χ3v) is 2.59. The van der Waals surface area contributed by atoms with Crippen LogP contribution in [0.2, 0.25) is 0 Å². The summed E-state index contributed by atoms with van der Waals surface area (Å²) in [6.45, 7) is 0. The largest absolute Gasteiger partial charge is 0.493 e. The Labute approximate surface area is 90.2 Å². The predicted molar refractivity (Wildman–Crippen MR) is 57.7 cm³/mol. The second-order valence-corrected chi connectivity index (χ2v) is 3.48. The van der Waals surface area contributed by atoms with Gasteiger partial charge in [-0.3, -0.25) is 4.79 Å². The normalized spacial score (nSPS) is 9.46. The fourth-order valence-corrected chi connectivity index (χ4v) is 1.59. The van der Waals surface area contributed by atoms with Gasteiger partial charge in [0, 0.05) is 3.57 Å². The quantitative estimate of drug-likeness (QED) is 0.632. The van der Waals surface area contributed by atoms with Gasteiger partial charge >= 0.3 is 0 Å². The molecule has 0 spiro atoms. The molecule has 0 unspecified atom stereocenters. The Bertz CT molecular complexity index is 323. The van der Waals surface area contributed by atoms with E-state index in [0.29, 0.717) is 17.1 Å². The van der Waals surface area contributed by atoms with Crippen LogP contribution in [0.15, 0.2) is 12.1 Å². The molecule has 1 aromatic carbocycles. The van der Waals surface area contributed by atoms with Crippen LogP contribution in [-0.2, 0) is 0 Å². The van der Waals surface area contributed by atoms with E-state index in [1.807, 2.05) is 6.07 Å². The number of hydrogen-bond acceptors (Lipinski definition) is 3. The Balaban J connectivity index is 3.36. The van der Waals surface area contributed by atoms with Crippen molar-refractivity contribution in [1.29, 1.82) is 0 Å². The maximum atomic E-state index is 10.7. The molecule has 0 fully saturated rings. The molecule has 0 aromatic heterocycles. The molecule has 0 N–H and O–H groups in total. The molecule has 0 aliphatic carbocycles. The molecule has 70 valence electrons. The van der Waals surface area contributed by atoms with Crippen molar-refractivity contribution < 1.29 is 14.3 Å². The van der Waals surface area contributed by atoms with Gasteiger partial charge in [-0.1, -0.05) is 0 Å². The SMILES string of the molecule is COc1ccc(I)c(C=O)c1OC. The average molecular weight is 292 g/mol. The van der Waals surface area contributed by atoms with Crippen LogP contribution >= 0.6 is 22.6 Å². The summed E-state index contributed by atoms with van der Waals surface area (Å²) >= 11 is 2.08. The van der Waals surface area contributed by atoms with Gasteiger partial charge in [0.2, 0.25) is 0 Å². The first kappa shape index (κ1) is 10.3. The minimum absolute atomic E-state index is 0.490. The number of carbonyl (C=O) groups is 1. The molecule has 0 aliphatic rings. The van der Waals surface area contributed by atoms with Crippen LogP contribution in [0.5, 0.6) is 11.5 Å². The van der Waals surface area contributed by atoms with Gasteiger partial charge in [-0.25, -0.2) is 0 Å². The first-order valence-corrected chi connectivity index (χ1v) is 4.68. The van der Waals surface area contributed by atoms with E-state index in [0.717, 1.165) is 9.86 Å². The molecule has 0 radical (unpaired) electrons. The van der Waals surface area contributed by atoms with Crippen LogP contribution in [0.1, 0.15) is 10.4 Å². The highest BCUT2D eigenvalue weighted by Gasteiger charge is 2.11. The number of halogens is 1. The molecule has 0 amide bonds. The van der Waals surface area contributed by atoms with Crippen LogP contribution in [0.3, 0.4) is 0 Å². The van der Waals surface area contributed by atoms with Crippen molar-refractivity contribution in [3.63, 3.8) is 0 Å². The topological polar surface area (TPSA) is 35.5 Å². The Hall–Kier alpha value is -0.780. The standard InChI is InChI=1S/C9H9IO3/c1-12-8-4-3-7(10)6(5-11)9(8)13-2/h3-5H,1-2H3. The molecule has 13 heavy (non-hydrogen) atoms. The average Bonchev–Trinajstić information content (AvgIpc) is 2.17. The second kappa shape index (κ2) is 4.45. The monoisotopic (exact) mass is 292 g/mol. The number of aldehydes is 1. The molecule has 0 bridgehead atoms. The van der Waals surface area contributed by atoms with Gasteiger partial charge in [0.05, 0.1) is 19.8 Å². The second-order valence-electron chi connectivity index (χ2n) is 2.31. The van der Waals surface area contributed by atoms with Gasteiger partial charge in [0.1, 0.15) is 0 Å². The lowest BCUT2D eigenvalue weighted by molar-refractivity contribution is 0.111. The summed E-state index contributed by atoms with van der Waals surface area (Å²) in [7, 11) is 3.06. The van der Waals surface area contributed by atoms with Crippen LogP contribution in [0.25, 0.3) is 0 Å². The summed E-state index contributed by atoms with van der Waals surface area (Å²) in [5.41, 5.74) is 0.530. The van der Waals surface area contributed by atoms with Crippen molar-refractivity contribution in [1.82, 2.24) is 0 Å². The zero-order valence-electron chi connectivity index (χ0n) is 7.33. The number of carbonyl (C=O) groups excluding carboxylic acids is 1. The zero-order chi connectivity index (χ0) is 9.84. The Kier molecular flexibility index (Phi) is 3.53. The molecule has 4 heteroatoms. The zero-order valence-corrected chi connectivity index (χ0v) is 9.49. The molecule has 0 atom stereocenters. The third-order valence-electron chi connectivity index (χ3n) is 1.65. The van der Waals surface area contributed by atoms with Crippen LogP contribution in [0, 0.1) is 3.57 Å². The molecule has 3 nitrogen and oxygen atoms in total. The minimum atomic E-state index is 0.490. The van der Waals surface area contributed by atoms with Crippen molar-refractivity contribution in [3.05, 3.63) is 21.3 Å². The van der Waals surface area contributed by atoms with Crippen molar-refractivity contribution >= 4 is 28.9 Å². The highest BCUT2D eigenvalue weighted by atomic mass is 127. The van der Waals surface area contributed by atoms with Gasteiger partial charge < -0.3 is 9.47 Å². The number of methoxy groups -OCH3 is 2. The van der Waals surface area contributed by atoms with E-state index in [1.54, 1.807) is 13.2 Å². The lowest BCUT2D eigenvalue weighted by Crippen LogP contribution is -1.97. The minimum Gasteiger partial charge on any atom is -0.493 e. The molecular formula is C9H9IO3. The van der Waals surface area contributed by atoms with Gasteiger partial charge in [0.15, 0.2) is 17.8 Å². The van der Waals surface area contributed by atoms with E-state index in [1.165, 1.54) is 7.11 Å². The van der Waals surface area contributed by atoms with Gasteiger partial charge in [0.25, 0.3) is 0 Å². The van der Waals surface area contributed by atoms with Crippen molar-refractivity contribution in [2.24, 2.45) is 0 Å². The van der Waals surface area contributed by atoms with E-state index in [4.69, 9.17) is 9.47 Å². The number of benzene rings is 1. The van der Waals surface area contributed by atoms with Crippen LogP contribution in [0.4, 0.5) is 0 Å². The van der Waals surface area contributed by atoms with Crippen molar-refractivity contribution in [2.75, 3.05) is 14.2 Å². The maximum absolute atomic E-state index is 10.7. The summed E-state index contributed by atoms with van der Waals surface area (Å²) in [5, 5.41) is 0. The lowest BCUT2D eigenvalue weighted by Gasteiger charge is -2.10. The Morgan fingerprint density at radius 2 is 2.00 bits per heavy atom. The summed E-state index contributed by atoms with van der Waals surface area (Å²) in [4.78, 5) is 10.7. The highest BCUT2D eigenvalue weighted by Crippen LogP contribution is 2.32. The van der Waals surface area contributed by atoms with E-state index >= 15 is 0 Å². The first-order chi connectivity index (χ1) is 6.24. The van der Waals surface area contributed by atoms with E-state index in [2.05, 4.69) is 22.6 Å².